The van der Waals surface area contributed by atoms with Crippen LogP contribution in [0.2, 0.25) is 0 Å². The molecule has 3 rings (SSSR count). The van der Waals surface area contributed by atoms with E-state index in [9.17, 15) is 0 Å². The highest BCUT2D eigenvalue weighted by Gasteiger charge is 2.32. The minimum atomic E-state index is 0.501. The Hall–Kier alpha value is -1.55. The molecule has 1 N–H and O–H groups in total. The maximum Gasteiger partial charge on any atom is 0.116 e. The van der Waals surface area contributed by atoms with Crippen LogP contribution in [-0.2, 0) is 0 Å². The van der Waals surface area contributed by atoms with Gasteiger partial charge in [0.1, 0.15) is 5.03 Å². The van der Waals surface area contributed by atoms with E-state index in [0.717, 1.165) is 24.5 Å². The second-order valence-corrected chi connectivity index (χ2v) is 9.02. The molecule has 1 aliphatic heterocycles. The molecule has 0 atom stereocenters. The number of thioether (sulfide) groups is 1. The number of aliphatic imine (C=N–C) groups is 2. The van der Waals surface area contributed by atoms with E-state index in [2.05, 4.69) is 41.1 Å². The van der Waals surface area contributed by atoms with Crippen molar-refractivity contribution >= 4 is 24.2 Å². The Morgan fingerprint density at radius 2 is 2.00 bits per heavy atom. The second kappa shape index (κ2) is 10.1. The molecule has 1 heterocycles. The zero-order chi connectivity index (χ0) is 19.0. The molecule has 1 spiro atoms. The largest absolute Gasteiger partial charge is 0.389 e. The van der Waals surface area contributed by atoms with Gasteiger partial charge in [0.25, 0.3) is 0 Å². The van der Waals surface area contributed by atoms with Crippen LogP contribution in [0.5, 0.6) is 0 Å². The molecule has 0 aromatic carbocycles. The highest BCUT2D eigenvalue weighted by atomic mass is 32.2. The Kier molecular flexibility index (Phi) is 7.57. The molecular formula is C23H33N3S. The van der Waals surface area contributed by atoms with Gasteiger partial charge in [0.15, 0.2) is 0 Å². The molecule has 0 aromatic heterocycles. The van der Waals surface area contributed by atoms with Crippen LogP contribution >= 0.6 is 11.8 Å². The maximum absolute atomic E-state index is 4.65. The van der Waals surface area contributed by atoms with Crippen LogP contribution in [0.15, 0.2) is 56.0 Å². The lowest BCUT2D eigenvalue weighted by Gasteiger charge is -2.28. The first-order valence-electron chi connectivity index (χ1n) is 10.4. The van der Waals surface area contributed by atoms with Crippen LogP contribution in [-0.4, -0.2) is 25.5 Å². The lowest BCUT2D eigenvalue weighted by atomic mass is 9.79. The van der Waals surface area contributed by atoms with Gasteiger partial charge in [0.05, 0.1) is 0 Å². The molecule has 27 heavy (non-hydrogen) atoms. The number of hydrogen-bond donors (Lipinski definition) is 1. The van der Waals surface area contributed by atoms with Crippen molar-refractivity contribution in [2.75, 3.05) is 13.1 Å². The van der Waals surface area contributed by atoms with Gasteiger partial charge in [-0.05, 0) is 68.9 Å². The summed E-state index contributed by atoms with van der Waals surface area (Å²) in [6, 6.07) is 0. The minimum absolute atomic E-state index is 0.501. The predicted octanol–water partition coefficient (Wildman–Crippen LogP) is 6.17. The van der Waals surface area contributed by atoms with Crippen molar-refractivity contribution in [3.05, 3.63) is 46.0 Å². The summed E-state index contributed by atoms with van der Waals surface area (Å²) in [5.41, 5.74) is 3.48. The quantitative estimate of drug-likeness (QED) is 0.589. The zero-order valence-corrected chi connectivity index (χ0v) is 17.5. The number of allylic oxidation sites excluding steroid dienone is 4. The molecule has 0 saturated heterocycles. The summed E-state index contributed by atoms with van der Waals surface area (Å²) in [6.07, 6.45) is 21.4. The fourth-order valence-electron chi connectivity index (χ4n) is 4.51. The highest BCUT2D eigenvalue weighted by Crippen LogP contribution is 2.44. The van der Waals surface area contributed by atoms with E-state index in [0.29, 0.717) is 5.41 Å². The van der Waals surface area contributed by atoms with Crippen molar-refractivity contribution in [1.29, 1.82) is 0 Å². The summed E-state index contributed by atoms with van der Waals surface area (Å²) in [5.74, 6) is 0. The third kappa shape index (κ3) is 5.71. The smallest absolute Gasteiger partial charge is 0.116 e. The van der Waals surface area contributed by atoms with Crippen LogP contribution in [0.3, 0.4) is 0 Å². The SMILES string of the molecule is C=C/C=C(/SC1=CNCCC2(CCCC2)CCN=CC=N1)C1=C(C)CCC1. The van der Waals surface area contributed by atoms with Gasteiger partial charge in [-0.15, -0.1) is 0 Å². The van der Waals surface area contributed by atoms with E-state index >= 15 is 0 Å². The van der Waals surface area contributed by atoms with Gasteiger partial charge in [0, 0.05) is 36.6 Å². The molecule has 1 saturated carbocycles. The molecule has 0 bridgehead atoms. The lowest BCUT2D eigenvalue weighted by molar-refractivity contribution is 0.253. The summed E-state index contributed by atoms with van der Waals surface area (Å²) in [7, 11) is 0. The van der Waals surface area contributed by atoms with Crippen molar-refractivity contribution in [2.45, 2.75) is 64.7 Å². The first kappa shape index (κ1) is 20.2. The van der Waals surface area contributed by atoms with Crippen molar-refractivity contribution in [3.63, 3.8) is 0 Å². The first-order chi connectivity index (χ1) is 13.2. The van der Waals surface area contributed by atoms with E-state index in [-0.39, 0.29) is 0 Å². The number of hydrogen-bond acceptors (Lipinski definition) is 4. The number of nitrogens with zero attached hydrogens (tertiary/aromatic N) is 2. The second-order valence-electron chi connectivity index (χ2n) is 7.96. The normalized spacial score (nSPS) is 23.7. The Morgan fingerprint density at radius 3 is 2.74 bits per heavy atom. The van der Waals surface area contributed by atoms with E-state index in [4.69, 9.17) is 0 Å². The van der Waals surface area contributed by atoms with Crippen LogP contribution in [0, 0.1) is 5.41 Å². The van der Waals surface area contributed by atoms with Gasteiger partial charge in [-0.3, -0.25) is 4.99 Å². The van der Waals surface area contributed by atoms with Crippen LogP contribution in [0.4, 0.5) is 0 Å². The molecule has 4 heteroatoms. The summed E-state index contributed by atoms with van der Waals surface area (Å²) in [5, 5.41) is 4.53. The molecule has 0 unspecified atom stereocenters. The van der Waals surface area contributed by atoms with Crippen molar-refractivity contribution < 1.29 is 0 Å². The molecule has 146 valence electrons. The number of rotatable bonds is 4. The van der Waals surface area contributed by atoms with Crippen molar-refractivity contribution in [2.24, 2.45) is 15.4 Å². The molecule has 2 aliphatic carbocycles. The van der Waals surface area contributed by atoms with Gasteiger partial charge in [-0.25, -0.2) is 4.99 Å². The molecule has 1 fully saturated rings. The number of nitrogens with one attached hydrogen (secondary N) is 1. The van der Waals surface area contributed by atoms with Crippen LogP contribution in [0.25, 0.3) is 0 Å². The average Bonchev–Trinajstić information content (AvgIpc) is 3.29. The fraction of sp³-hybridized carbons (Fsp3) is 0.565. The molecule has 0 aromatic rings. The van der Waals surface area contributed by atoms with E-state index < -0.39 is 0 Å². The minimum Gasteiger partial charge on any atom is -0.389 e. The third-order valence-corrected chi connectivity index (χ3v) is 7.14. The Bertz CT molecular complexity index is 676. The topological polar surface area (TPSA) is 36.8 Å². The highest BCUT2D eigenvalue weighted by molar-refractivity contribution is 8.06. The van der Waals surface area contributed by atoms with Gasteiger partial charge >= 0.3 is 0 Å². The van der Waals surface area contributed by atoms with Crippen molar-refractivity contribution in [3.8, 4) is 0 Å². The molecule has 0 radical (unpaired) electrons. The third-order valence-electron chi connectivity index (χ3n) is 6.11. The average molecular weight is 384 g/mol. The maximum atomic E-state index is 4.65. The summed E-state index contributed by atoms with van der Waals surface area (Å²) in [6.45, 7) is 8.10. The van der Waals surface area contributed by atoms with Crippen LogP contribution < -0.4 is 5.32 Å². The Labute approximate surface area is 168 Å². The Balaban J connectivity index is 1.73. The molecule has 0 amide bonds. The predicted molar refractivity (Wildman–Crippen MR) is 120 cm³/mol. The zero-order valence-electron chi connectivity index (χ0n) is 16.7. The van der Waals surface area contributed by atoms with Crippen molar-refractivity contribution in [1.82, 2.24) is 5.32 Å². The summed E-state index contributed by atoms with van der Waals surface area (Å²) >= 11 is 1.74. The summed E-state index contributed by atoms with van der Waals surface area (Å²) < 4.78 is 0. The van der Waals surface area contributed by atoms with E-state index in [1.807, 2.05) is 18.5 Å². The molecule has 3 nitrogen and oxygen atoms in total. The Morgan fingerprint density at radius 1 is 1.15 bits per heavy atom. The van der Waals surface area contributed by atoms with Gasteiger partial charge in [-0.2, -0.15) is 0 Å². The van der Waals surface area contributed by atoms with Gasteiger partial charge in [0.2, 0.25) is 0 Å². The first-order valence-corrected chi connectivity index (χ1v) is 11.2. The van der Waals surface area contributed by atoms with Crippen LogP contribution in [0.1, 0.15) is 64.7 Å². The van der Waals surface area contributed by atoms with E-state index in [1.54, 1.807) is 11.8 Å². The molecular weight excluding hydrogens is 350 g/mol. The fourth-order valence-corrected chi connectivity index (χ4v) is 5.56. The standard InChI is InChI=1S/C23H33N3S/c1-3-7-21(20-9-6-8-19(20)2)27-22-18-25-15-13-23(10-4-5-11-23)12-14-24-16-17-26-22/h3,7,16-18,25H,1,4-6,8-15H2,2H3/b21-7+,22-18?,24-16?,26-17?. The lowest BCUT2D eigenvalue weighted by Crippen LogP contribution is -2.23. The molecule has 3 aliphatic rings. The summed E-state index contributed by atoms with van der Waals surface area (Å²) in [4.78, 5) is 10.5. The van der Waals surface area contributed by atoms with E-state index in [1.165, 1.54) is 67.4 Å². The monoisotopic (exact) mass is 383 g/mol. The van der Waals surface area contributed by atoms with Gasteiger partial charge in [-0.1, -0.05) is 42.8 Å². The van der Waals surface area contributed by atoms with Gasteiger partial charge < -0.3 is 5.32 Å².